The summed E-state index contributed by atoms with van der Waals surface area (Å²) in [6.07, 6.45) is 2.18. The first-order valence-electron chi connectivity index (χ1n) is 10.4. The molecular formula is C23H27ClN2O5. The molecule has 1 N–H and O–H groups in total. The van der Waals surface area contributed by atoms with Crippen LogP contribution in [0.15, 0.2) is 30.3 Å². The van der Waals surface area contributed by atoms with Gasteiger partial charge in [-0.15, -0.1) is 0 Å². The largest absolute Gasteiger partial charge is 0.494 e. The molecule has 2 aromatic rings. The van der Waals surface area contributed by atoms with Gasteiger partial charge in [0.2, 0.25) is 5.91 Å². The third-order valence-electron chi connectivity index (χ3n) is 4.82. The molecule has 0 spiro atoms. The highest BCUT2D eigenvalue weighted by Gasteiger charge is 2.25. The Morgan fingerprint density at radius 1 is 1.16 bits per heavy atom. The van der Waals surface area contributed by atoms with Gasteiger partial charge in [-0.2, -0.15) is 0 Å². The van der Waals surface area contributed by atoms with E-state index in [1.54, 1.807) is 35.2 Å². The second-order valence-corrected chi connectivity index (χ2v) is 7.46. The molecule has 0 bridgehead atoms. The summed E-state index contributed by atoms with van der Waals surface area (Å²) >= 11 is 6.37. The first kappa shape index (κ1) is 22.7. The van der Waals surface area contributed by atoms with E-state index in [0.29, 0.717) is 65.4 Å². The summed E-state index contributed by atoms with van der Waals surface area (Å²) in [6, 6.07) is 8.38. The van der Waals surface area contributed by atoms with Crippen molar-refractivity contribution in [1.82, 2.24) is 0 Å². The van der Waals surface area contributed by atoms with Crippen molar-refractivity contribution in [2.75, 3.05) is 37.1 Å². The summed E-state index contributed by atoms with van der Waals surface area (Å²) in [4.78, 5) is 26.6. The summed E-state index contributed by atoms with van der Waals surface area (Å²) < 4.78 is 16.8. The molecule has 1 aliphatic rings. The van der Waals surface area contributed by atoms with E-state index in [1.165, 1.54) is 7.11 Å². The number of halogens is 1. The van der Waals surface area contributed by atoms with Crippen molar-refractivity contribution in [2.24, 2.45) is 0 Å². The topological polar surface area (TPSA) is 77.1 Å². The van der Waals surface area contributed by atoms with E-state index >= 15 is 0 Å². The lowest BCUT2D eigenvalue weighted by Crippen LogP contribution is -2.24. The number of anilines is 2. The fourth-order valence-electron chi connectivity index (χ4n) is 3.39. The van der Waals surface area contributed by atoms with E-state index in [0.717, 1.165) is 12.8 Å². The quantitative estimate of drug-likeness (QED) is 0.591. The molecule has 0 aromatic heterocycles. The summed E-state index contributed by atoms with van der Waals surface area (Å²) in [5.41, 5.74) is 1.58. The Bertz CT molecular complexity index is 963. The standard InChI is InChI=1S/C23H27ClN2O5/c1-4-11-31-22-17(24)12-15(13-20(22)30-5-2)23(28)25-16-8-9-18(19(14-16)29-3)26-10-6-7-21(26)27/h8-9,12-14H,4-7,10-11H2,1-3H3,(H,25,28). The van der Waals surface area contributed by atoms with Crippen molar-refractivity contribution in [3.63, 3.8) is 0 Å². The molecule has 1 aliphatic heterocycles. The van der Waals surface area contributed by atoms with Gasteiger partial charge in [-0.1, -0.05) is 18.5 Å². The number of hydrogen-bond donors (Lipinski definition) is 1. The highest BCUT2D eigenvalue weighted by Crippen LogP contribution is 2.38. The van der Waals surface area contributed by atoms with Crippen molar-refractivity contribution in [2.45, 2.75) is 33.1 Å². The van der Waals surface area contributed by atoms with Gasteiger partial charge in [-0.3, -0.25) is 9.59 Å². The predicted molar refractivity (Wildman–Crippen MR) is 121 cm³/mol. The Morgan fingerprint density at radius 3 is 2.61 bits per heavy atom. The average molecular weight is 447 g/mol. The predicted octanol–water partition coefficient (Wildman–Crippen LogP) is 4.92. The molecule has 0 atom stereocenters. The molecule has 0 saturated carbocycles. The zero-order valence-corrected chi connectivity index (χ0v) is 18.8. The first-order chi connectivity index (χ1) is 15.0. The molecule has 1 fully saturated rings. The van der Waals surface area contributed by atoms with E-state index in [9.17, 15) is 9.59 Å². The van der Waals surface area contributed by atoms with Gasteiger partial charge < -0.3 is 24.4 Å². The minimum absolute atomic E-state index is 0.0681. The number of rotatable bonds is 9. The SMILES string of the molecule is CCCOc1c(Cl)cc(C(=O)Nc2ccc(N3CCCC3=O)c(OC)c2)cc1OCC. The van der Waals surface area contributed by atoms with Crippen molar-refractivity contribution < 1.29 is 23.8 Å². The zero-order valence-electron chi connectivity index (χ0n) is 18.0. The lowest BCUT2D eigenvalue weighted by Gasteiger charge is -2.20. The molecule has 3 rings (SSSR count). The molecule has 166 valence electrons. The zero-order chi connectivity index (χ0) is 22.4. The number of carbonyl (C=O) groups excluding carboxylic acids is 2. The number of hydrogen-bond acceptors (Lipinski definition) is 5. The third kappa shape index (κ3) is 5.22. The van der Waals surface area contributed by atoms with E-state index in [2.05, 4.69) is 5.32 Å². The Kier molecular flexibility index (Phi) is 7.63. The first-order valence-corrected chi connectivity index (χ1v) is 10.7. The fraction of sp³-hybridized carbons (Fsp3) is 0.391. The van der Waals surface area contributed by atoms with Crippen molar-refractivity contribution >= 4 is 34.8 Å². The molecule has 0 radical (unpaired) electrons. The van der Waals surface area contributed by atoms with Crippen LogP contribution < -0.4 is 24.4 Å². The van der Waals surface area contributed by atoms with Crippen LogP contribution in [0.1, 0.15) is 43.5 Å². The Morgan fingerprint density at radius 2 is 1.97 bits per heavy atom. The minimum atomic E-state index is -0.350. The van der Waals surface area contributed by atoms with Crippen LogP contribution in [-0.4, -0.2) is 38.7 Å². The average Bonchev–Trinajstić information content (AvgIpc) is 3.18. The molecule has 0 unspecified atom stereocenters. The van der Waals surface area contributed by atoms with Gasteiger partial charge in [0.05, 0.1) is 31.0 Å². The number of amides is 2. The highest BCUT2D eigenvalue weighted by atomic mass is 35.5. The lowest BCUT2D eigenvalue weighted by molar-refractivity contribution is -0.117. The Labute approximate surface area is 187 Å². The Balaban J connectivity index is 1.83. The van der Waals surface area contributed by atoms with Gasteiger partial charge in [-0.05, 0) is 44.0 Å². The van der Waals surface area contributed by atoms with Gasteiger partial charge >= 0.3 is 0 Å². The Hall–Kier alpha value is -2.93. The maximum Gasteiger partial charge on any atom is 0.255 e. The van der Waals surface area contributed by atoms with Crippen LogP contribution in [0.25, 0.3) is 0 Å². The summed E-state index contributed by atoms with van der Waals surface area (Å²) in [7, 11) is 1.54. The normalized spacial score (nSPS) is 13.3. The number of nitrogens with one attached hydrogen (secondary N) is 1. The number of benzene rings is 2. The molecule has 1 saturated heterocycles. The summed E-state index contributed by atoms with van der Waals surface area (Å²) in [5.74, 6) is 1.09. The summed E-state index contributed by atoms with van der Waals surface area (Å²) in [6.45, 7) is 5.42. The smallest absolute Gasteiger partial charge is 0.255 e. The minimum Gasteiger partial charge on any atom is -0.494 e. The molecular weight excluding hydrogens is 420 g/mol. The molecule has 7 nitrogen and oxygen atoms in total. The highest BCUT2D eigenvalue weighted by molar-refractivity contribution is 6.32. The van der Waals surface area contributed by atoms with E-state index in [1.807, 2.05) is 13.8 Å². The van der Waals surface area contributed by atoms with Crippen LogP contribution in [-0.2, 0) is 4.79 Å². The van der Waals surface area contributed by atoms with E-state index in [-0.39, 0.29) is 11.8 Å². The van der Waals surface area contributed by atoms with E-state index < -0.39 is 0 Å². The van der Waals surface area contributed by atoms with Crippen LogP contribution in [0.3, 0.4) is 0 Å². The number of nitrogens with zero attached hydrogens (tertiary/aromatic N) is 1. The van der Waals surface area contributed by atoms with Crippen LogP contribution >= 0.6 is 11.6 Å². The summed E-state index contributed by atoms with van der Waals surface area (Å²) in [5, 5.41) is 3.15. The van der Waals surface area contributed by atoms with Gasteiger partial charge in [-0.25, -0.2) is 0 Å². The maximum atomic E-state index is 12.9. The second kappa shape index (κ2) is 10.4. The molecule has 8 heteroatoms. The third-order valence-corrected chi connectivity index (χ3v) is 5.10. The van der Waals surface area contributed by atoms with Gasteiger partial charge in [0, 0.05) is 30.3 Å². The molecule has 0 aliphatic carbocycles. The second-order valence-electron chi connectivity index (χ2n) is 7.06. The number of methoxy groups -OCH3 is 1. The van der Waals surface area contributed by atoms with Crippen LogP contribution in [0.4, 0.5) is 11.4 Å². The van der Waals surface area contributed by atoms with Gasteiger partial charge in [0.15, 0.2) is 11.5 Å². The van der Waals surface area contributed by atoms with Gasteiger partial charge in [0.1, 0.15) is 5.75 Å². The van der Waals surface area contributed by atoms with Crippen molar-refractivity contribution in [1.29, 1.82) is 0 Å². The monoisotopic (exact) mass is 446 g/mol. The number of carbonyl (C=O) groups is 2. The number of ether oxygens (including phenoxy) is 3. The van der Waals surface area contributed by atoms with E-state index in [4.69, 9.17) is 25.8 Å². The van der Waals surface area contributed by atoms with Crippen LogP contribution in [0.2, 0.25) is 5.02 Å². The van der Waals surface area contributed by atoms with Crippen LogP contribution in [0.5, 0.6) is 17.2 Å². The fourth-order valence-corrected chi connectivity index (χ4v) is 3.66. The van der Waals surface area contributed by atoms with Gasteiger partial charge in [0.25, 0.3) is 5.91 Å². The maximum absolute atomic E-state index is 12.9. The lowest BCUT2D eigenvalue weighted by atomic mass is 10.1. The van der Waals surface area contributed by atoms with Crippen LogP contribution in [0, 0.1) is 0 Å². The van der Waals surface area contributed by atoms with Crippen molar-refractivity contribution in [3.05, 3.63) is 40.9 Å². The molecule has 2 aromatic carbocycles. The molecule has 31 heavy (non-hydrogen) atoms. The molecule has 2 amide bonds. The molecule has 1 heterocycles. The van der Waals surface area contributed by atoms with Crippen molar-refractivity contribution in [3.8, 4) is 17.2 Å².